The van der Waals surface area contributed by atoms with Crippen LogP contribution in [0.4, 0.5) is 0 Å². The summed E-state index contributed by atoms with van der Waals surface area (Å²) in [7, 11) is 0. The second-order valence-corrected chi connectivity index (χ2v) is 6.91. The van der Waals surface area contributed by atoms with Gasteiger partial charge in [0.2, 0.25) is 0 Å². The summed E-state index contributed by atoms with van der Waals surface area (Å²) in [5.74, 6) is -0.748. The van der Waals surface area contributed by atoms with E-state index in [-0.39, 0.29) is 17.4 Å². The fourth-order valence-corrected chi connectivity index (χ4v) is 4.69. The fourth-order valence-electron chi connectivity index (χ4n) is 4.69. The molecule has 4 nitrogen and oxygen atoms in total. The molecule has 2 aromatic carbocycles. The Hall–Kier alpha value is -2.59. The lowest BCUT2D eigenvalue weighted by molar-refractivity contribution is 0.0215. The van der Waals surface area contributed by atoms with Gasteiger partial charge in [-0.1, -0.05) is 24.3 Å². The highest BCUT2D eigenvalue weighted by Crippen LogP contribution is 2.62. The van der Waals surface area contributed by atoms with E-state index in [2.05, 4.69) is 0 Å². The van der Waals surface area contributed by atoms with Gasteiger partial charge in [-0.25, -0.2) is 4.79 Å². The van der Waals surface area contributed by atoms with E-state index in [9.17, 15) is 15.0 Å². The van der Waals surface area contributed by atoms with Crippen molar-refractivity contribution >= 4 is 16.9 Å². The molecule has 1 saturated carbocycles. The molecular weight excluding hydrogens is 304 g/mol. The Bertz CT molecular complexity index is 986. The maximum absolute atomic E-state index is 11.5. The first-order valence-electron chi connectivity index (χ1n) is 8.14. The molecule has 120 valence electrons. The molecular formula is C20H16O4. The summed E-state index contributed by atoms with van der Waals surface area (Å²) in [6, 6.07) is 13.0. The minimum Gasteiger partial charge on any atom is -0.478 e. The maximum Gasteiger partial charge on any atom is 0.335 e. The Kier molecular flexibility index (Phi) is 2.58. The van der Waals surface area contributed by atoms with Gasteiger partial charge in [-0.05, 0) is 48.1 Å². The Morgan fingerprint density at radius 2 is 2.00 bits per heavy atom. The number of carbonyl (C=O) groups is 1. The van der Waals surface area contributed by atoms with Gasteiger partial charge in [-0.2, -0.15) is 0 Å². The fraction of sp³-hybridized carbons (Fsp3) is 0.250. The number of carboxylic acids is 1. The van der Waals surface area contributed by atoms with E-state index >= 15 is 0 Å². The number of para-hydroxylation sites is 1. The Morgan fingerprint density at radius 1 is 1.17 bits per heavy atom. The van der Waals surface area contributed by atoms with Crippen molar-refractivity contribution in [3.05, 3.63) is 71.0 Å². The van der Waals surface area contributed by atoms with Crippen molar-refractivity contribution in [3.8, 4) is 0 Å². The molecule has 1 fully saturated rings. The molecule has 0 spiro atoms. The molecule has 0 saturated heterocycles. The first-order valence-corrected chi connectivity index (χ1v) is 8.14. The normalized spacial score (nSPS) is 27.5. The quantitative estimate of drug-likeness (QED) is 0.749. The number of carboxylic acid groups (broad SMARTS) is 1. The maximum atomic E-state index is 11.5. The predicted molar refractivity (Wildman–Crippen MR) is 88.2 cm³/mol. The minimum absolute atomic E-state index is 0.0854. The van der Waals surface area contributed by atoms with Crippen molar-refractivity contribution in [2.45, 2.75) is 30.3 Å². The zero-order chi connectivity index (χ0) is 16.5. The molecule has 24 heavy (non-hydrogen) atoms. The molecule has 2 aliphatic rings. The van der Waals surface area contributed by atoms with E-state index in [4.69, 9.17) is 4.42 Å². The number of furan rings is 1. The summed E-state index contributed by atoms with van der Waals surface area (Å²) < 4.78 is 5.63. The van der Waals surface area contributed by atoms with Crippen LogP contribution < -0.4 is 0 Å². The molecule has 5 rings (SSSR count). The van der Waals surface area contributed by atoms with Crippen LogP contribution in [0, 0.1) is 0 Å². The molecule has 1 aromatic heterocycles. The average molecular weight is 320 g/mol. The van der Waals surface area contributed by atoms with Gasteiger partial charge in [0.25, 0.3) is 0 Å². The van der Waals surface area contributed by atoms with Crippen molar-refractivity contribution < 1.29 is 19.4 Å². The highest BCUT2D eigenvalue weighted by atomic mass is 16.4. The lowest BCUT2D eigenvalue weighted by Gasteiger charge is -2.33. The molecule has 0 amide bonds. The first-order chi connectivity index (χ1) is 11.6. The van der Waals surface area contributed by atoms with Crippen molar-refractivity contribution in [2.24, 2.45) is 0 Å². The molecule has 2 aliphatic carbocycles. The van der Waals surface area contributed by atoms with Crippen molar-refractivity contribution in [1.29, 1.82) is 0 Å². The van der Waals surface area contributed by atoms with Gasteiger partial charge in [-0.15, -0.1) is 0 Å². The number of benzene rings is 2. The van der Waals surface area contributed by atoms with E-state index in [0.29, 0.717) is 6.42 Å². The van der Waals surface area contributed by atoms with Crippen molar-refractivity contribution in [3.63, 3.8) is 0 Å². The summed E-state index contributed by atoms with van der Waals surface area (Å²) in [5.41, 5.74) is 3.02. The standard InChI is InChI=1S/C20H16O4/c21-19(22)11-5-6-13-12-8-16(15(13)7-11)20(23,9-12)17-10-24-18-4-2-1-3-14(17)18/h1-7,10,12,16,23H,8-9H2,(H,21,22)/t12-,16-,20-/m1/s1. The van der Waals surface area contributed by atoms with Gasteiger partial charge in [0.15, 0.2) is 0 Å². The van der Waals surface area contributed by atoms with Crippen LogP contribution in [0.15, 0.2) is 53.1 Å². The van der Waals surface area contributed by atoms with Gasteiger partial charge < -0.3 is 14.6 Å². The molecule has 1 heterocycles. The van der Waals surface area contributed by atoms with E-state index in [1.807, 2.05) is 30.3 Å². The molecule has 2 N–H and O–H groups in total. The van der Waals surface area contributed by atoms with Crippen LogP contribution in [0.2, 0.25) is 0 Å². The SMILES string of the molecule is O=C(O)c1ccc2c(c1)[C@H]1C[C@@H]2C[C@]1(O)c1coc2ccccc12. The number of hydrogen-bond donors (Lipinski definition) is 2. The molecule has 3 atom stereocenters. The Labute approximate surface area is 138 Å². The predicted octanol–water partition coefficient (Wildman–Crippen LogP) is 3.99. The third kappa shape index (κ3) is 1.64. The zero-order valence-electron chi connectivity index (χ0n) is 12.9. The third-order valence-corrected chi connectivity index (χ3v) is 5.75. The van der Waals surface area contributed by atoms with E-state index < -0.39 is 11.6 Å². The highest BCUT2D eigenvalue weighted by molar-refractivity contribution is 5.88. The molecule has 0 radical (unpaired) electrons. The van der Waals surface area contributed by atoms with Crippen LogP contribution >= 0.6 is 0 Å². The summed E-state index contributed by atoms with van der Waals surface area (Å²) in [5, 5.41) is 21.7. The van der Waals surface area contributed by atoms with Crippen LogP contribution in [0.3, 0.4) is 0 Å². The highest BCUT2D eigenvalue weighted by Gasteiger charge is 2.55. The third-order valence-electron chi connectivity index (χ3n) is 5.75. The van der Waals surface area contributed by atoms with Gasteiger partial charge in [0.1, 0.15) is 11.2 Å². The van der Waals surface area contributed by atoms with Crippen molar-refractivity contribution in [2.75, 3.05) is 0 Å². The molecule has 4 heteroatoms. The van der Waals surface area contributed by atoms with E-state index in [0.717, 1.165) is 28.5 Å². The second-order valence-electron chi connectivity index (χ2n) is 6.91. The molecule has 0 aliphatic heterocycles. The first kappa shape index (κ1) is 13.8. The second kappa shape index (κ2) is 4.48. The number of hydrogen-bond acceptors (Lipinski definition) is 3. The van der Waals surface area contributed by atoms with Crippen LogP contribution in [-0.2, 0) is 5.60 Å². The van der Waals surface area contributed by atoms with Crippen LogP contribution in [0.1, 0.15) is 51.7 Å². The van der Waals surface area contributed by atoms with Gasteiger partial charge in [0.05, 0.1) is 11.8 Å². The summed E-state index contributed by atoms with van der Waals surface area (Å²) in [4.78, 5) is 11.3. The zero-order valence-corrected chi connectivity index (χ0v) is 12.9. The molecule has 0 unspecified atom stereocenters. The summed E-state index contributed by atoms with van der Waals surface area (Å²) in [6.07, 6.45) is 3.17. The van der Waals surface area contributed by atoms with E-state index in [1.165, 1.54) is 5.56 Å². The number of rotatable bonds is 2. The van der Waals surface area contributed by atoms with Crippen LogP contribution in [0.5, 0.6) is 0 Å². The Balaban J connectivity index is 1.67. The number of aliphatic hydroxyl groups is 1. The monoisotopic (exact) mass is 320 g/mol. The lowest BCUT2D eigenvalue weighted by atomic mass is 9.75. The van der Waals surface area contributed by atoms with E-state index in [1.54, 1.807) is 18.4 Å². The van der Waals surface area contributed by atoms with Gasteiger partial charge in [0, 0.05) is 16.9 Å². The summed E-state index contributed by atoms with van der Waals surface area (Å²) >= 11 is 0. The molecule has 3 aromatic rings. The topological polar surface area (TPSA) is 70.7 Å². The van der Waals surface area contributed by atoms with Crippen molar-refractivity contribution in [1.82, 2.24) is 0 Å². The Morgan fingerprint density at radius 3 is 2.83 bits per heavy atom. The smallest absolute Gasteiger partial charge is 0.335 e. The van der Waals surface area contributed by atoms with Gasteiger partial charge in [-0.3, -0.25) is 0 Å². The minimum atomic E-state index is -0.999. The van der Waals surface area contributed by atoms with Crippen LogP contribution in [0.25, 0.3) is 11.0 Å². The average Bonchev–Trinajstić information content (AvgIpc) is 3.25. The lowest BCUT2D eigenvalue weighted by Crippen LogP contribution is -2.31. The van der Waals surface area contributed by atoms with Gasteiger partial charge >= 0.3 is 5.97 Å². The summed E-state index contributed by atoms with van der Waals surface area (Å²) in [6.45, 7) is 0. The molecule has 2 bridgehead atoms. The number of aromatic carboxylic acids is 1. The number of fused-ring (bicyclic) bond motifs is 6. The largest absolute Gasteiger partial charge is 0.478 e. The van der Waals surface area contributed by atoms with Crippen LogP contribution in [-0.4, -0.2) is 16.2 Å².